The molecule has 4 aliphatic rings. The van der Waals surface area contributed by atoms with Gasteiger partial charge in [-0.2, -0.15) is 0 Å². The van der Waals surface area contributed by atoms with Crippen LogP contribution in [0.15, 0.2) is 78.9 Å². The lowest BCUT2D eigenvalue weighted by Crippen LogP contribution is -2.69. The molecule has 5 heteroatoms. The van der Waals surface area contributed by atoms with E-state index in [1.165, 1.54) is 24.8 Å². The van der Waals surface area contributed by atoms with Gasteiger partial charge < -0.3 is 20.4 Å². The molecule has 1 saturated carbocycles. The second kappa shape index (κ2) is 7.09. The van der Waals surface area contributed by atoms with Crippen LogP contribution in [0.25, 0.3) is 0 Å². The Morgan fingerprint density at radius 2 is 1.67 bits per heavy atom. The van der Waals surface area contributed by atoms with Crippen molar-refractivity contribution in [1.29, 1.82) is 0 Å². The van der Waals surface area contributed by atoms with Crippen LogP contribution in [0.3, 0.4) is 0 Å². The Labute approximate surface area is 193 Å². The molecule has 3 unspecified atom stereocenters. The van der Waals surface area contributed by atoms with Gasteiger partial charge in [0.2, 0.25) is 5.72 Å². The molecule has 0 amide bonds. The summed E-state index contributed by atoms with van der Waals surface area (Å²) >= 11 is 0. The van der Waals surface area contributed by atoms with Crippen LogP contribution in [0.1, 0.15) is 59.5 Å². The van der Waals surface area contributed by atoms with Gasteiger partial charge in [-0.05, 0) is 48.9 Å². The minimum atomic E-state index is -0.804. The smallest absolute Gasteiger partial charge is 0.341 e. The maximum absolute atomic E-state index is 13.2. The summed E-state index contributed by atoms with van der Waals surface area (Å²) in [5, 5.41) is 3.98. The molecule has 0 aromatic heterocycles. The Hall–Kier alpha value is -3.31. The quantitative estimate of drug-likeness (QED) is 0.529. The molecule has 5 nitrogen and oxygen atoms in total. The van der Waals surface area contributed by atoms with Crippen molar-refractivity contribution in [2.24, 2.45) is 5.92 Å². The molecule has 2 spiro atoms. The number of fused-ring (bicyclic) bond motifs is 5. The number of carbonyl (C=O) groups is 1. The summed E-state index contributed by atoms with van der Waals surface area (Å²) in [6.07, 6.45) is 5.38. The highest BCUT2D eigenvalue weighted by Gasteiger charge is 2.67. The van der Waals surface area contributed by atoms with Crippen molar-refractivity contribution in [3.05, 3.63) is 95.6 Å². The number of esters is 1. The third-order valence-corrected chi connectivity index (χ3v) is 8.23. The van der Waals surface area contributed by atoms with Crippen molar-refractivity contribution in [2.45, 2.75) is 49.4 Å². The van der Waals surface area contributed by atoms with Crippen LogP contribution in [0, 0.1) is 5.92 Å². The molecule has 1 saturated heterocycles. The van der Waals surface area contributed by atoms with Crippen LogP contribution in [0.2, 0.25) is 0 Å². The molecule has 2 fully saturated rings. The summed E-state index contributed by atoms with van der Waals surface area (Å²) < 4.78 is 6.47. The van der Waals surface area contributed by atoms with Crippen LogP contribution in [-0.2, 0) is 10.5 Å². The first kappa shape index (κ1) is 20.3. The van der Waals surface area contributed by atoms with Gasteiger partial charge in [-0.25, -0.2) is 4.79 Å². The minimum Gasteiger partial charge on any atom is -0.431 e. The van der Waals surface area contributed by atoms with Crippen LogP contribution in [0.4, 0.5) is 11.4 Å². The fourth-order valence-electron chi connectivity index (χ4n) is 7.11. The third kappa shape index (κ3) is 2.54. The average Bonchev–Trinajstić information content (AvgIpc) is 3.32. The number of piperidine rings is 1. The number of benzene rings is 3. The molecule has 33 heavy (non-hydrogen) atoms. The Bertz CT molecular complexity index is 1230. The van der Waals surface area contributed by atoms with Gasteiger partial charge in [-0.1, -0.05) is 67.1 Å². The lowest BCUT2D eigenvalue weighted by molar-refractivity contribution is -0.0663. The summed E-state index contributed by atoms with van der Waals surface area (Å²) in [6, 6.07) is 27.4. The predicted octanol–water partition coefficient (Wildman–Crippen LogP) is 5.19. The van der Waals surface area contributed by atoms with Gasteiger partial charge in [-0.15, -0.1) is 0 Å². The third-order valence-electron chi connectivity index (χ3n) is 8.23. The first-order valence-corrected chi connectivity index (χ1v) is 11.8. The summed E-state index contributed by atoms with van der Waals surface area (Å²) in [5.74, 6) is 0.526. The molecule has 3 aliphatic heterocycles. The first-order chi connectivity index (χ1) is 15.7. The zero-order chi connectivity index (χ0) is 21.3. The Balaban J connectivity index is 0.00000206. The Morgan fingerprint density at radius 1 is 0.909 bits per heavy atom. The number of hydrogen-bond donors (Lipinski definition) is 1. The highest BCUT2D eigenvalue weighted by atomic mass is 16.6. The van der Waals surface area contributed by atoms with Crippen molar-refractivity contribution in [3.8, 4) is 0 Å². The fraction of sp³-hybridized carbons (Fsp3) is 0.321. The molecule has 1 aliphatic carbocycles. The van der Waals surface area contributed by atoms with Gasteiger partial charge in [0, 0.05) is 17.9 Å². The number of ether oxygens (including phenoxy) is 1. The largest absolute Gasteiger partial charge is 0.431 e. The average molecular weight is 441 g/mol. The second-order valence-corrected chi connectivity index (χ2v) is 9.69. The molecule has 7 rings (SSSR count). The van der Waals surface area contributed by atoms with E-state index in [4.69, 9.17) is 4.74 Å². The van der Waals surface area contributed by atoms with Crippen LogP contribution >= 0.6 is 0 Å². The van der Waals surface area contributed by atoms with Crippen molar-refractivity contribution < 1.29 is 15.0 Å². The molecule has 3 N–H and O–H groups in total. The molecule has 0 bridgehead atoms. The van der Waals surface area contributed by atoms with Gasteiger partial charge in [0.25, 0.3) is 0 Å². The molecule has 168 valence electrons. The standard InChI is InChI=1S/C28H26N2O2.H2O/c31-26-20-12-4-5-14-23(20)28(32-26)18-21(19-10-2-1-3-11-19)22-13-8-9-17-27(22)29-24-15-6-7-16-25(24)30(27)28;/h1-7,10-12,14-16,21-22,29H,8-9,13,17-18H2;1H2/t21?,22?,27-,28?;/m0./s1. The Kier molecular flexibility index (Phi) is 4.36. The second-order valence-electron chi connectivity index (χ2n) is 9.69. The molecular weight excluding hydrogens is 412 g/mol. The molecular formula is C28H28N2O3. The molecule has 3 aromatic carbocycles. The lowest BCUT2D eigenvalue weighted by Gasteiger charge is -2.61. The molecule has 3 aromatic rings. The predicted molar refractivity (Wildman–Crippen MR) is 128 cm³/mol. The van der Waals surface area contributed by atoms with E-state index in [0.717, 1.165) is 29.8 Å². The highest BCUT2D eigenvalue weighted by molar-refractivity contribution is 5.96. The zero-order valence-corrected chi connectivity index (χ0v) is 18.5. The van der Waals surface area contributed by atoms with Gasteiger partial charge in [0.05, 0.1) is 16.9 Å². The normalized spacial score (nSPS) is 30.9. The first-order valence-electron chi connectivity index (χ1n) is 11.8. The SMILES string of the molecule is O.O=C1OC2(CC(c3ccccc3)C3CCCC[C@@]34Nc3ccccc3N24)c2ccccc21. The van der Waals surface area contributed by atoms with E-state index in [1.807, 2.05) is 18.2 Å². The number of rotatable bonds is 1. The van der Waals surface area contributed by atoms with Gasteiger partial charge >= 0.3 is 5.97 Å². The van der Waals surface area contributed by atoms with E-state index in [0.29, 0.717) is 17.4 Å². The number of hydrogen-bond acceptors (Lipinski definition) is 4. The van der Waals surface area contributed by atoms with E-state index < -0.39 is 5.72 Å². The van der Waals surface area contributed by atoms with Crippen molar-refractivity contribution in [3.63, 3.8) is 0 Å². The topological polar surface area (TPSA) is 73.1 Å². The molecule has 0 radical (unpaired) electrons. The zero-order valence-electron chi connectivity index (χ0n) is 18.5. The van der Waals surface area contributed by atoms with Crippen LogP contribution in [-0.4, -0.2) is 17.1 Å². The van der Waals surface area contributed by atoms with E-state index in [2.05, 4.69) is 70.9 Å². The fourth-order valence-corrected chi connectivity index (χ4v) is 7.11. The lowest BCUT2D eigenvalue weighted by atomic mass is 9.62. The number of nitrogens with one attached hydrogen (secondary N) is 1. The van der Waals surface area contributed by atoms with Gasteiger partial charge in [-0.3, -0.25) is 0 Å². The summed E-state index contributed by atoms with van der Waals surface area (Å²) in [7, 11) is 0. The highest BCUT2D eigenvalue weighted by Crippen LogP contribution is 2.65. The summed E-state index contributed by atoms with van der Waals surface area (Å²) in [6.45, 7) is 0. The molecule has 3 heterocycles. The van der Waals surface area contributed by atoms with E-state index in [1.54, 1.807) is 0 Å². The number of anilines is 2. The minimum absolute atomic E-state index is 0. The maximum atomic E-state index is 13.2. The van der Waals surface area contributed by atoms with Gasteiger partial charge in [0.15, 0.2) is 0 Å². The van der Waals surface area contributed by atoms with E-state index in [-0.39, 0.29) is 17.1 Å². The van der Waals surface area contributed by atoms with Crippen molar-refractivity contribution in [1.82, 2.24) is 0 Å². The number of carbonyl (C=O) groups excluding carboxylic acids is 1. The number of nitrogens with zero attached hydrogens (tertiary/aromatic N) is 1. The monoisotopic (exact) mass is 440 g/mol. The van der Waals surface area contributed by atoms with E-state index >= 15 is 0 Å². The summed E-state index contributed by atoms with van der Waals surface area (Å²) in [5.41, 5.74) is 4.28. The molecule has 4 atom stereocenters. The van der Waals surface area contributed by atoms with Crippen LogP contribution < -0.4 is 10.2 Å². The Morgan fingerprint density at radius 3 is 2.55 bits per heavy atom. The van der Waals surface area contributed by atoms with Crippen LogP contribution in [0.5, 0.6) is 0 Å². The van der Waals surface area contributed by atoms with E-state index in [9.17, 15) is 4.79 Å². The maximum Gasteiger partial charge on any atom is 0.341 e. The summed E-state index contributed by atoms with van der Waals surface area (Å²) in [4.78, 5) is 15.6. The van der Waals surface area contributed by atoms with Gasteiger partial charge in [0.1, 0.15) is 5.66 Å². The number of para-hydroxylation sites is 2. The van der Waals surface area contributed by atoms with Crippen molar-refractivity contribution in [2.75, 3.05) is 10.2 Å². The van der Waals surface area contributed by atoms with Crippen molar-refractivity contribution >= 4 is 17.3 Å².